The maximum atomic E-state index is 13.3. The number of amides is 2. The molecule has 1 N–H and O–H groups in total. The van der Waals surface area contributed by atoms with Crippen LogP contribution >= 0.6 is 0 Å². The molecule has 4 aromatic rings. The fourth-order valence-corrected chi connectivity index (χ4v) is 4.04. The molecular weight excluding hydrogens is 456 g/mol. The zero-order valence-electron chi connectivity index (χ0n) is 18.7. The van der Waals surface area contributed by atoms with Crippen LogP contribution in [0.5, 0.6) is 11.5 Å². The van der Waals surface area contributed by atoms with E-state index in [4.69, 9.17) is 13.3 Å². The smallest absolute Gasteiger partial charge is 0.322 e. The highest BCUT2D eigenvalue weighted by Crippen LogP contribution is 2.30. The van der Waals surface area contributed by atoms with Crippen molar-refractivity contribution >= 4 is 32.6 Å². The van der Waals surface area contributed by atoms with Gasteiger partial charge in [0.05, 0.1) is 31.9 Å². The second-order valence-corrected chi connectivity index (χ2v) is 9.24. The van der Waals surface area contributed by atoms with Gasteiger partial charge in [0.1, 0.15) is 5.76 Å². The van der Waals surface area contributed by atoms with E-state index in [1.807, 2.05) is 42.5 Å². The van der Waals surface area contributed by atoms with E-state index in [1.54, 1.807) is 41.5 Å². The van der Waals surface area contributed by atoms with Crippen LogP contribution in [-0.2, 0) is 23.2 Å². The van der Waals surface area contributed by atoms with E-state index in [0.29, 0.717) is 17.0 Å². The van der Waals surface area contributed by atoms with Gasteiger partial charge in [0.25, 0.3) is 0 Å². The molecule has 176 valence electrons. The fraction of sp³-hybridized carbons (Fsp3) is 0.160. The van der Waals surface area contributed by atoms with Gasteiger partial charge in [-0.2, -0.15) is 8.42 Å². The normalized spacial score (nSPS) is 11.2. The number of methoxy groups -OCH3 is 1. The van der Waals surface area contributed by atoms with Crippen molar-refractivity contribution in [3.8, 4) is 11.5 Å². The molecule has 1 heterocycles. The Labute approximate surface area is 197 Å². The van der Waals surface area contributed by atoms with Gasteiger partial charge in [-0.05, 0) is 41.3 Å². The Morgan fingerprint density at radius 1 is 0.971 bits per heavy atom. The van der Waals surface area contributed by atoms with E-state index in [1.165, 1.54) is 7.11 Å². The van der Waals surface area contributed by atoms with Crippen molar-refractivity contribution in [2.24, 2.45) is 0 Å². The fourth-order valence-electron chi connectivity index (χ4n) is 3.59. The first kappa shape index (κ1) is 23.2. The average molecular weight is 481 g/mol. The summed E-state index contributed by atoms with van der Waals surface area (Å²) in [5.41, 5.74) is 1.34. The number of anilines is 1. The number of hydrogen-bond acceptors (Lipinski definition) is 6. The minimum absolute atomic E-state index is 0.0508. The van der Waals surface area contributed by atoms with Crippen LogP contribution in [-0.4, -0.2) is 32.7 Å². The number of ether oxygens (including phenoxy) is 1. The predicted molar refractivity (Wildman–Crippen MR) is 129 cm³/mol. The largest absolute Gasteiger partial charge is 0.493 e. The molecule has 0 bridgehead atoms. The summed E-state index contributed by atoms with van der Waals surface area (Å²) in [5.74, 6) is 0.927. The summed E-state index contributed by atoms with van der Waals surface area (Å²) >= 11 is 0. The van der Waals surface area contributed by atoms with E-state index in [2.05, 4.69) is 5.32 Å². The maximum absolute atomic E-state index is 13.3. The van der Waals surface area contributed by atoms with Gasteiger partial charge in [0.15, 0.2) is 11.5 Å². The molecule has 34 heavy (non-hydrogen) atoms. The molecule has 4 rings (SSSR count). The number of furan rings is 1. The highest BCUT2D eigenvalue weighted by atomic mass is 32.2. The maximum Gasteiger partial charge on any atom is 0.322 e. The van der Waals surface area contributed by atoms with E-state index in [-0.39, 0.29) is 30.6 Å². The lowest BCUT2D eigenvalue weighted by molar-refractivity contribution is 0.201. The molecule has 8 nitrogen and oxygen atoms in total. The number of nitrogens with one attached hydrogen (secondary N) is 1. The number of urea groups is 1. The van der Waals surface area contributed by atoms with Crippen molar-refractivity contribution in [3.63, 3.8) is 0 Å². The van der Waals surface area contributed by atoms with Crippen LogP contribution in [0.4, 0.5) is 10.5 Å². The zero-order chi connectivity index (χ0) is 24.1. The summed E-state index contributed by atoms with van der Waals surface area (Å²) in [6.07, 6.45) is 2.50. The first-order valence-electron chi connectivity index (χ1n) is 10.4. The Kier molecular flexibility index (Phi) is 6.74. The average Bonchev–Trinajstić information content (AvgIpc) is 3.31. The molecule has 0 spiro atoms. The van der Waals surface area contributed by atoms with Crippen LogP contribution in [0.15, 0.2) is 83.5 Å². The third kappa shape index (κ3) is 5.68. The number of carbonyl (C=O) groups excluding carboxylic acids is 1. The van der Waals surface area contributed by atoms with Gasteiger partial charge >= 0.3 is 16.1 Å². The predicted octanol–water partition coefficient (Wildman–Crippen LogP) is 5.01. The van der Waals surface area contributed by atoms with Gasteiger partial charge in [-0.15, -0.1) is 0 Å². The molecule has 2 amide bonds. The number of nitrogens with zero attached hydrogens (tertiary/aromatic N) is 1. The third-order valence-electron chi connectivity index (χ3n) is 5.09. The van der Waals surface area contributed by atoms with Gasteiger partial charge in [0.2, 0.25) is 0 Å². The molecular formula is C25H24N2O6S. The van der Waals surface area contributed by atoms with Crippen molar-refractivity contribution in [1.82, 2.24) is 4.90 Å². The van der Waals surface area contributed by atoms with Crippen molar-refractivity contribution in [2.75, 3.05) is 18.7 Å². The molecule has 3 aromatic carbocycles. The number of rotatable bonds is 8. The summed E-state index contributed by atoms with van der Waals surface area (Å²) < 4.78 is 39.1. The molecule has 0 aliphatic rings. The van der Waals surface area contributed by atoms with E-state index in [9.17, 15) is 13.2 Å². The molecule has 0 radical (unpaired) electrons. The Hall–Kier alpha value is -3.98. The molecule has 9 heteroatoms. The summed E-state index contributed by atoms with van der Waals surface area (Å²) in [7, 11) is -2.34. The lowest BCUT2D eigenvalue weighted by Gasteiger charge is -2.23. The molecule has 0 saturated heterocycles. The standard InChI is InChI=1S/C25H24N2O6S/c1-31-23-13-12-18(15-24(23)33-34(2,29)30)16-27(17-20-9-6-14-32-20)25(28)26-22-11-5-8-19-7-3-4-10-21(19)22/h3-15H,16-17H2,1-2H3,(H,26,28). The highest BCUT2D eigenvalue weighted by Gasteiger charge is 2.19. The monoisotopic (exact) mass is 480 g/mol. The van der Waals surface area contributed by atoms with E-state index < -0.39 is 10.1 Å². The summed E-state index contributed by atoms with van der Waals surface area (Å²) in [4.78, 5) is 14.9. The lowest BCUT2D eigenvalue weighted by Crippen LogP contribution is -2.34. The third-order valence-corrected chi connectivity index (χ3v) is 5.57. The quantitative estimate of drug-likeness (QED) is 0.356. The van der Waals surface area contributed by atoms with Crippen molar-refractivity contribution in [1.29, 1.82) is 0 Å². The number of hydrogen-bond donors (Lipinski definition) is 1. The highest BCUT2D eigenvalue weighted by molar-refractivity contribution is 7.86. The molecule has 1 aromatic heterocycles. The van der Waals surface area contributed by atoms with Crippen LogP contribution in [0, 0.1) is 0 Å². The Balaban J connectivity index is 1.62. The van der Waals surface area contributed by atoms with Crippen LogP contribution < -0.4 is 14.2 Å². The Morgan fingerprint density at radius 2 is 1.76 bits per heavy atom. The van der Waals surface area contributed by atoms with Gasteiger partial charge in [-0.25, -0.2) is 4.79 Å². The summed E-state index contributed by atoms with van der Waals surface area (Å²) in [5, 5.41) is 4.92. The molecule has 0 aliphatic heterocycles. The number of carbonyl (C=O) groups is 1. The lowest BCUT2D eigenvalue weighted by atomic mass is 10.1. The van der Waals surface area contributed by atoms with Crippen LogP contribution in [0.3, 0.4) is 0 Å². The van der Waals surface area contributed by atoms with E-state index in [0.717, 1.165) is 17.0 Å². The number of benzene rings is 3. The molecule has 0 atom stereocenters. The second kappa shape index (κ2) is 9.88. The minimum Gasteiger partial charge on any atom is -0.493 e. The molecule has 0 aliphatic carbocycles. The SMILES string of the molecule is COc1ccc(CN(Cc2ccco2)C(=O)Nc2cccc3ccccc23)cc1OS(C)(=O)=O. The van der Waals surface area contributed by atoms with Gasteiger partial charge in [-0.3, -0.25) is 0 Å². The minimum atomic E-state index is -3.76. The first-order valence-corrected chi connectivity index (χ1v) is 12.3. The van der Waals surface area contributed by atoms with E-state index >= 15 is 0 Å². The summed E-state index contributed by atoms with van der Waals surface area (Å²) in [6, 6.07) is 21.6. The molecule has 0 fully saturated rings. The number of fused-ring (bicyclic) bond motifs is 1. The summed E-state index contributed by atoms with van der Waals surface area (Å²) in [6.45, 7) is 0.374. The molecule has 0 unspecified atom stereocenters. The van der Waals surface area contributed by atoms with Crippen molar-refractivity contribution in [2.45, 2.75) is 13.1 Å². The van der Waals surface area contributed by atoms with Crippen molar-refractivity contribution in [3.05, 3.63) is 90.4 Å². The Morgan fingerprint density at radius 3 is 2.50 bits per heavy atom. The van der Waals surface area contributed by atoms with Crippen molar-refractivity contribution < 1.29 is 26.5 Å². The van der Waals surface area contributed by atoms with Crippen LogP contribution in [0.2, 0.25) is 0 Å². The Bertz CT molecular complexity index is 1390. The molecule has 0 saturated carbocycles. The zero-order valence-corrected chi connectivity index (χ0v) is 19.5. The van der Waals surface area contributed by atoms with Gasteiger partial charge < -0.3 is 23.6 Å². The second-order valence-electron chi connectivity index (χ2n) is 7.66. The first-order chi connectivity index (χ1) is 16.3. The van der Waals surface area contributed by atoms with Crippen LogP contribution in [0.1, 0.15) is 11.3 Å². The van der Waals surface area contributed by atoms with Crippen LogP contribution in [0.25, 0.3) is 10.8 Å². The van der Waals surface area contributed by atoms with Gasteiger partial charge in [-0.1, -0.05) is 42.5 Å². The van der Waals surface area contributed by atoms with Gasteiger partial charge in [0, 0.05) is 11.9 Å². The topological polar surface area (TPSA) is 98.1 Å².